The molecule has 0 unspecified atom stereocenters. The molecule has 134 valence electrons. The zero-order chi connectivity index (χ0) is 17.8. The molecule has 1 saturated heterocycles. The third-order valence-electron chi connectivity index (χ3n) is 5.48. The van der Waals surface area contributed by atoms with Gasteiger partial charge in [-0.1, -0.05) is 36.4 Å². The molecule has 2 aromatic carbocycles. The monoisotopic (exact) mass is 347 g/mol. The number of aromatic nitrogens is 4. The number of hydrogen-bond acceptors (Lipinski definition) is 4. The van der Waals surface area contributed by atoms with Gasteiger partial charge >= 0.3 is 0 Å². The predicted molar refractivity (Wildman–Crippen MR) is 102 cm³/mol. The highest BCUT2D eigenvalue weighted by Gasteiger charge is 2.25. The van der Waals surface area contributed by atoms with Gasteiger partial charge in [-0.15, -0.1) is 5.10 Å². The van der Waals surface area contributed by atoms with Gasteiger partial charge < -0.3 is 5.32 Å². The normalized spacial score (nSPS) is 20.2. The van der Waals surface area contributed by atoms with Crippen LogP contribution in [0.25, 0.3) is 5.69 Å². The summed E-state index contributed by atoms with van der Waals surface area (Å²) in [6.07, 6.45) is 6.46. The van der Waals surface area contributed by atoms with Crippen molar-refractivity contribution >= 4 is 0 Å². The predicted octanol–water partition coefficient (Wildman–Crippen LogP) is 3.64. The molecule has 5 heteroatoms. The van der Waals surface area contributed by atoms with E-state index in [-0.39, 0.29) is 0 Å². The van der Waals surface area contributed by atoms with E-state index in [9.17, 15) is 0 Å². The number of rotatable bonds is 5. The fraction of sp³-hybridized carbons (Fsp3) is 0.381. The largest absolute Gasteiger partial charge is 0.310 e. The van der Waals surface area contributed by atoms with Crippen molar-refractivity contribution in [3.05, 3.63) is 71.5 Å². The van der Waals surface area contributed by atoms with Crippen molar-refractivity contribution in [2.24, 2.45) is 5.92 Å². The SMILES string of the molecule is Cc1ccc(-n2cnnn2)cc1CC[C@H]1CCCN[C@H]1c1ccccc1. The molecular formula is C21H25N5. The van der Waals surface area contributed by atoms with Gasteiger partial charge in [0.05, 0.1) is 5.69 Å². The highest BCUT2D eigenvalue weighted by Crippen LogP contribution is 2.33. The summed E-state index contributed by atoms with van der Waals surface area (Å²) in [6, 6.07) is 17.8. The van der Waals surface area contributed by atoms with Gasteiger partial charge in [0, 0.05) is 6.04 Å². The van der Waals surface area contributed by atoms with E-state index in [1.54, 1.807) is 11.0 Å². The van der Waals surface area contributed by atoms with Crippen molar-refractivity contribution in [3.63, 3.8) is 0 Å². The lowest BCUT2D eigenvalue weighted by Crippen LogP contribution is -2.34. The summed E-state index contributed by atoms with van der Waals surface area (Å²) in [4.78, 5) is 0. The first-order valence-electron chi connectivity index (χ1n) is 9.42. The van der Waals surface area contributed by atoms with Crippen LogP contribution in [0.15, 0.2) is 54.9 Å². The van der Waals surface area contributed by atoms with E-state index < -0.39 is 0 Å². The van der Waals surface area contributed by atoms with Crippen molar-refractivity contribution in [3.8, 4) is 5.69 Å². The second-order valence-corrected chi connectivity index (χ2v) is 7.15. The van der Waals surface area contributed by atoms with Crippen LogP contribution in [-0.4, -0.2) is 26.8 Å². The summed E-state index contributed by atoms with van der Waals surface area (Å²) in [5.74, 6) is 0.669. The van der Waals surface area contributed by atoms with E-state index in [1.807, 2.05) is 0 Å². The van der Waals surface area contributed by atoms with Crippen LogP contribution in [0.2, 0.25) is 0 Å². The van der Waals surface area contributed by atoms with Crippen LogP contribution in [0.3, 0.4) is 0 Å². The van der Waals surface area contributed by atoms with Crippen LogP contribution in [0.5, 0.6) is 0 Å². The van der Waals surface area contributed by atoms with Crippen molar-refractivity contribution in [1.29, 1.82) is 0 Å². The van der Waals surface area contributed by atoms with E-state index in [1.165, 1.54) is 36.0 Å². The first kappa shape index (κ1) is 16.9. The lowest BCUT2D eigenvalue weighted by Gasteiger charge is -2.33. The number of nitrogens with zero attached hydrogens (tertiary/aromatic N) is 4. The summed E-state index contributed by atoms with van der Waals surface area (Å²) in [5, 5.41) is 15.2. The zero-order valence-corrected chi connectivity index (χ0v) is 15.2. The third kappa shape index (κ3) is 3.68. The van der Waals surface area contributed by atoms with Crippen LogP contribution >= 0.6 is 0 Å². The maximum absolute atomic E-state index is 4.00. The Morgan fingerprint density at radius 3 is 2.85 bits per heavy atom. The topological polar surface area (TPSA) is 55.6 Å². The molecule has 0 bridgehead atoms. The Labute approximate surface area is 154 Å². The fourth-order valence-corrected chi connectivity index (χ4v) is 4.01. The first-order chi connectivity index (χ1) is 12.8. The minimum absolute atomic E-state index is 0.466. The average molecular weight is 347 g/mol. The molecule has 1 fully saturated rings. The molecule has 2 heterocycles. The molecule has 0 spiro atoms. The molecule has 1 N–H and O–H groups in total. The molecule has 1 aliphatic heterocycles. The fourth-order valence-electron chi connectivity index (χ4n) is 4.01. The van der Waals surface area contributed by atoms with Crippen LogP contribution in [0.1, 0.15) is 42.0 Å². The maximum Gasteiger partial charge on any atom is 0.143 e. The van der Waals surface area contributed by atoms with Gasteiger partial charge in [-0.25, -0.2) is 4.68 Å². The van der Waals surface area contributed by atoms with Crippen molar-refractivity contribution in [1.82, 2.24) is 25.5 Å². The Kier molecular flexibility index (Phi) is 5.07. The Bertz CT molecular complexity index is 829. The van der Waals surface area contributed by atoms with Gasteiger partial charge in [0.15, 0.2) is 0 Å². The molecule has 5 nitrogen and oxygen atoms in total. The van der Waals surface area contributed by atoms with Crippen molar-refractivity contribution < 1.29 is 0 Å². The van der Waals surface area contributed by atoms with Gasteiger partial charge in [-0.3, -0.25) is 0 Å². The average Bonchev–Trinajstić information content (AvgIpc) is 3.23. The lowest BCUT2D eigenvalue weighted by atomic mass is 9.82. The van der Waals surface area contributed by atoms with Gasteiger partial charge in [-0.05, 0) is 84.3 Å². The summed E-state index contributed by atoms with van der Waals surface area (Å²) in [6.45, 7) is 3.30. The van der Waals surface area contributed by atoms with E-state index in [0.717, 1.165) is 18.7 Å². The Morgan fingerprint density at radius 2 is 2.04 bits per heavy atom. The molecule has 1 aliphatic rings. The summed E-state index contributed by atoms with van der Waals surface area (Å²) in [7, 11) is 0. The van der Waals surface area contributed by atoms with Crippen molar-refractivity contribution in [2.45, 2.75) is 38.6 Å². The van der Waals surface area contributed by atoms with E-state index >= 15 is 0 Å². The van der Waals surface area contributed by atoms with Gasteiger partial charge in [-0.2, -0.15) is 0 Å². The standard InChI is InChI=1S/C21H25N5/c1-16-9-12-20(26-15-23-24-25-26)14-19(16)11-10-18-8-5-13-22-21(18)17-6-3-2-4-7-17/h2-4,6-7,9,12,14-15,18,21-22H,5,8,10-11,13H2,1H3/t18-,21+/m1/s1. The molecule has 0 radical (unpaired) electrons. The van der Waals surface area contributed by atoms with E-state index in [0.29, 0.717) is 12.0 Å². The molecule has 2 atom stereocenters. The van der Waals surface area contributed by atoms with Crippen LogP contribution in [0, 0.1) is 12.8 Å². The lowest BCUT2D eigenvalue weighted by molar-refractivity contribution is 0.269. The maximum atomic E-state index is 4.00. The molecule has 3 aromatic rings. The molecular weight excluding hydrogens is 322 g/mol. The molecule has 0 aliphatic carbocycles. The number of aryl methyl sites for hydroxylation is 2. The van der Waals surface area contributed by atoms with E-state index in [4.69, 9.17) is 0 Å². The Hall–Kier alpha value is -2.53. The van der Waals surface area contributed by atoms with Crippen LogP contribution in [-0.2, 0) is 6.42 Å². The number of hydrogen-bond donors (Lipinski definition) is 1. The smallest absolute Gasteiger partial charge is 0.143 e. The zero-order valence-electron chi connectivity index (χ0n) is 15.2. The van der Waals surface area contributed by atoms with Gasteiger partial charge in [0.25, 0.3) is 0 Å². The first-order valence-corrected chi connectivity index (χ1v) is 9.42. The molecule has 0 amide bonds. The molecule has 0 saturated carbocycles. The minimum Gasteiger partial charge on any atom is -0.310 e. The second kappa shape index (κ2) is 7.79. The third-order valence-corrected chi connectivity index (χ3v) is 5.48. The number of tetrazole rings is 1. The molecule has 4 rings (SSSR count). The number of piperidine rings is 1. The Morgan fingerprint density at radius 1 is 1.15 bits per heavy atom. The number of benzene rings is 2. The Balaban J connectivity index is 1.50. The molecule has 1 aromatic heterocycles. The number of nitrogens with one attached hydrogen (secondary N) is 1. The van der Waals surface area contributed by atoms with Crippen LogP contribution in [0.4, 0.5) is 0 Å². The summed E-state index contributed by atoms with van der Waals surface area (Å²) < 4.78 is 1.72. The summed E-state index contributed by atoms with van der Waals surface area (Å²) in [5.41, 5.74) is 5.16. The second-order valence-electron chi connectivity index (χ2n) is 7.15. The van der Waals surface area contributed by atoms with E-state index in [2.05, 4.69) is 76.3 Å². The molecule has 26 heavy (non-hydrogen) atoms. The quantitative estimate of drug-likeness (QED) is 0.765. The summed E-state index contributed by atoms with van der Waals surface area (Å²) >= 11 is 0. The van der Waals surface area contributed by atoms with Gasteiger partial charge in [0.2, 0.25) is 0 Å². The van der Waals surface area contributed by atoms with Crippen molar-refractivity contribution in [2.75, 3.05) is 6.54 Å². The van der Waals surface area contributed by atoms with Crippen LogP contribution < -0.4 is 5.32 Å². The highest BCUT2D eigenvalue weighted by atomic mass is 15.5. The highest BCUT2D eigenvalue weighted by molar-refractivity contribution is 5.39. The minimum atomic E-state index is 0.466. The van der Waals surface area contributed by atoms with Gasteiger partial charge in [0.1, 0.15) is 6.33 Å².